The Kier molecular flexibility index (Phi) is 3.61. The summed E-state index contributed by atoms with van der Waals surface area (Å²) < 4.78 is 1.62. The van der Waals surface area contributed by atoms with Gasteiger partial charge in [0.2, 0.25) is 0 Å². The van der Waals surface area contributed by atoms with Crippen molar-refractivity contribution in [2.24, 2.45) is 7.05 Å². The van der Waals surface area contributed by atoms with Crippen LogP contribution in [0.15, 0.2) is 36.8 Å². The molecule has 2 aromatic rings. The number of aliphatic carboxylic acids is 1. The van der Waals surface area contributed by atoms with Gasteiger partial charge in [-0.05, 0) is 17.7 Å². The van der Waals surface area contributed by atoms with Gasteiger partial charge in [0, 0.05) is 12.7 Å². The number of carbonyl (C=O) groups excluding carboxylic acids is 1. The van der Waals surface area contributed by atoms with E-state index in [9.17, 15) is 9.59 Å². The number of anilines is 1. The highest BCUT2D eigenvalue weighted by Crippen LogP contribution is 2.11. The van der Waals surface area contributed by atoms with E-state index in [4.69, 9.17) is 5.11 Å². The Morgan fingerprint density at radius 1 is 1.32 bits per heavy atom. The Morgan fingerprint density at radius 3 is 2.53 bits per heavy atom. The lowest BCUT2D eigenvalue weighted by Crippen LogP contribution is -2.15. The first-order chi connectivity index (χ1) is 9.06. The molecule has 6 heteroatoms. The van der Waals surface area contributed by atoms with Crippen molar-refractivity contribution in [3.63, 3.8) is 0 Å². The van der Waals surface area contributed by atoms with Crippen molar-refractivity contribution in [3.8, 4) is 0 Å². The molecule has 0 unspecified atom stereocenters. The summed E-state index contributed by atoms with van der Waals surface area (Å²) in [4.78, 5) is 26.3. The van der Waals surface area contributed by atoms with Crippen LogP contribution in [0.2, 0.25) is 0 Å². The molecular formula is C13H13N3O3. The van der Waals surface area contributed by atoms with Gasteiger partial charge < -0.3 is 15.0 Å². The number of nitrogens with zero attached hydrogens (tertiary/aromatic N) is 2. The fraction of sp³-hybridized carbons (Fsp3) is 0.154. The van der Waals surface area contributed by atoms with Gasteiger partial charge in [-0.15, -0.1) is 0 Å². The van der Waals surface area contributed by atoms with Gasteiger partial charge in [0.05, 0.1) is 18.9 Å². The Labute approximate surface area is 109 Å². The molecule has 0 atom stereocenters. The molecule has 0 fully saturated rings. The summed E-state index contributed by atoms with van der Waals surface area (Å²) in [5.41, 5.74) is 1.75. The minimum absolute atomic E-state index is 0.0318. The number of imidazole rings is 1. The predicted molar refractivity (Wildman–Crippen MR) is 68.9 cm³/mol. The maximum atomic E-state index is 11.9. The summed E-state index contributed by atoms with van der Waals surface area (Å²) in [5.74, 6) is -1.14. The number of nitrogens with one attached hydrogen (secondary N) is 1. The van der Waals surface area contributed by atoms with Crippen LogP contribution in [0.4, 0.5) is 5.69 Å². The molecule has 6 nitrogen and oxygen atoms in total. The topological polar surface area (TPSA) is 84.2 Å². The second-order valence-corrected chi connectivity index (χ2v) is 4.11. The molecule has 0 saturated heterocycles. The average molecular weight is 259 g/mol. The summed E-state index contributed by atoms with van der Waals surface area (Å²) in [6.07, 6.45) is 2.99. The lowest BCUT2D eigenvalue weighted by Gasteiger charge is -2.06. The van der Waals surface area contributed by atoms with Crippen LogP contribution in [0.3, 0.4) is 0 Å². The maximum Gasteiger partial charge on any atom is 0.307 e. The monoisotopic (exact) mass is 259 g/mol. The molecule has 1 aromatic carbocycles. The zero-order valence-corrected chi connectivity index (χ0v) is 10.3. The van der Waals surface area contributed by atoms with Gasteiger partial charge >= 0.3 is 5.97 Å². The highest BCUT2D eigenvalue weighted by atomic mass is 16.4. The first-order valence-corrected chi connectivity index (χ1v) is 5.64. The lowest BCUT2D eigenvalue weighted by atomic mass is 10.1. The summed E-state index contributed by atoms with van der Waals surface area (Å²) in [6, 6.07) is 6.69. The van der Waals surface area contributed by atoms with Gasteiger partial charge in [0.15, 0.2) is 0 Å². The standard InChI is InChI=1S/C13H13N3O3/c1-16-8-14-7-11(16)13(19)15-10-4-2-9(3-5-10)6-12(17)18/h2-5,7-8H,6H2,1H3,(H,15,19)(H,17,18). The van der Waals surface area contributed by atoms with Gasteiger partial charge in [-0.25, -0.2) is 4.98 Å². The van der Waals surface area contributed by atoms with Gasteiger partial charge in [0.25, 0.3) is 5.91 Å². The number of benzene rings is 1. The van der Waals surface area contributed by atoms with Gasteiger partial charge in [-0.3, -0.25) is 9.59 Å². The molecule has 1 amide bonds. The molecule has 1 heterocycles. The third-order valence-electron chi connectivity index (χ3n) is 2.62. The van der Waals surface area contributed by atoms with Crippen molar-refractivity contribution in [1.82, 2.24) is 9.55 Å². The minimum atomic E-state index is -0.883. The third kappa shape index (κ3) is 3.19. The minimum Gasteiger partial charge on any atom is -0.481 e. The van der Waals surface area contributed by atoms with Gasteiger partial charge in [0.1, 0.15) is 5.69 Å². The van der Waals surface area contributed by atoms with E-state index in [1.807, 2.05) is 0 Å². The molecule has 0 spiro atoms. The quantitative estimate of drug-likeness (QED) is 0.866. The zero-order chi connectivity index (χ0) is 13.8. The smallest absolute Gasteiger partial charge is 0.307 e. The molecule has 0 aliphatic rings. The van der Waals surface area contributed by atoms with Crippen LogP contribution in [0, 0.1) is 0 Å². The number of aryl methyl sites for hydroxylation is 1. The Morgan fingerprint density at radius 2 is 2.00 bits per heavy atom. The van der Waals surface area contributed by atoms with Crippen LogP contribution in [0.5, 0.6) is 0 Å². The summed E-state index contributed by atoms with van der Waals surface area (Å²) >= 11 is 0. The van der Waals surface area contributed by atoms with Crippen molar-refractivity contribution >= 4 is 17.6 Å². The van der Waals surface area contributed by atoms with E-state index in [0.717, 1.165) is 0 Å². The van der Waals surface area contributed by atoms with E-state index in [1.165, 1.54) is 6.20 Å². The predicted octanol–water partition coefficient (Wildman–Crippen LogP) is 1.30. The highest BCUT2D eigenvalue weighted by Gasteiger charge is 2.09. The molecule has 2 rings (SSSR count). The van der Waals surface area contributed by atoms with E-state index >= 15 is 0 Å². The van der Waals surface area contributed by atoms with Crippen LogP contribution >= 0.6 is 0 Å². The summed E-state index contributed by atoms with van der Waals surface area (Å²) in [5, 5.41) is 11.4. The zero-order valence-electron chi connectivity index (χ0n) is 10.3. The number of hydrogen-bond acceptors (Lipinski definition) is 3. The fourth-order valence-electron chi connectivity index (χ4n) is 1.65. The first-order valence-electron chi connectivity index (χ1n) is 5.64. The number of hydrogen-bond donors (Lipinski definition) is 2. The SMILES string of the molecule is Cn1cncc1C(=O)Nc1ccc(CC(=O)O)cc1. The second kappa shape index (κ2) is 5.34. The van der Waals surface area contributed by atoms with E-state index in [-0.39, 0.29) is 12.3 Å². The molecule has 0 aliphatic heterocycles. The van der Waals surface area contributed by atoms with Crippen LogP contribution in [-0.4, -0.2) is 26.5 Å². The summed E-state index contributed by atoms with van der Waals surface area (Å²) in [7, 11) is 1.73. The largest absolute Gasteiger partial charge is 0.481 e. The second-order valence-electron chi connectivity index (χ2n) is 4.11. The Bertz CT molecular complexity index is 602. The fourth-order valence-corrected chi connectivity index (χ4v) is 1.65. The van der Waals surface area contributed by atoms with Crippen molar-refractivity contribution < 1.29 is 14.7 Å². The molecule has 1 aromatic heterocycles. The van der Waals surface area contributed by atoms with Gasteiger partial charge in [-0.2, -0.15) is 0 Å². The number of carbonyl (C=O) groups is 2. The van der Waals surface area contributed by atoms with E-state index < -0.39 is 5.97 Å². The van der Waals surface area contributed by atoms with Crippen molar-refractivity contribution in [2.45, 2.75) is 6.42 Å². The van der Waals surface area contributed by atoms with E-state index in [1.54, 1.807) is 42.2 Å². The molecule has 0 saturated carbocycles. The van der Waals surface area contributed by atoms with Crippen LogP contribution in [0.25, 0.3) is 0 Å². The maximum absolute atomic E-state index is 11.9. The number of amides is 1. The van der Waals surface area contributed by atoms with E-state index in [2.05, 4.69) is 10.3 Å². The van der Waals surface area contributed by atoms with Crippen molar-refractivity contribution in [1.29, 1.82) is 0 Å². The average Bonchev–Trinajstić information content (AvgIpc) is 2.77. The summed E-state index contributed by atoms with van der Waals surface area (Å²) in [6.45, 7) is 0. The highest BCUT2D eigenvalue weighted by molar-refractivity contribution is 6.02. The van der Waals surface area contributed by atoms with E-state index in [0.29, 0.717) is 16.9 Å². The molecular weight excluding hydrogens is 246 g/mol. The molecule has 0 aliphatic carbocycles. The van der Waals surface area contributed by atoms with Crippen LogP contribution in [0.1, 0.15) is 16.1 Å². The molecule has 98 valence electrons. The molecule has 0 radical (unpaired) electrons. The molecule has 19 heavy (non-hydrogen) atoms. The Balaban J connectivity index is 2.06. The number of aromatic nitrogens is 2. The lowest BCUT2D eigenvalue weighted by molar-refractivity contribution is -0.136. The molecule has 2 N–H and O–H groups in total. The Hall–Kier alpha value is -2.63. The number of carboxylic acids is 1. The van der Waals surface area contributed by atoms with Crippen LogP contribution in [-0.2, 0) is 18.3 Å². The van der Waals surface area contributed by atoms with Crippen molar-refractivity contribution in [2.75, 3.05) is 5.32 Å². The molecule has 0 bridgehead atoms. The van der Waals surface area contributed by atoms with Crippen molar-refractivity contribution in [3.05, 3.63) is 48.0 Å². The van der Waals surface area contributed by atoms with Gasteiger partial charge in [-0.1, -0.05) is 12.1 Å². The van der Waals surface area contributed by atoms with Crippen LogP contribution < -0.4 is 5.32 Å². The number of rotatable bonds is 4. The third-order valence-corrected chi connectivity index (χ3v) is 2.62. The first kappa shape index (κ1) is 12.8. The number of carboxylic acid groups (broad SMARTS) is 1. The normalized spacial score (nSPS) is 10.2.